The van der Waals surface area contributed by atoms with Crippen LogP contribution < -0.4 is 0 Å². The summed E-state index contributed by atoms with van der Waals surface area (Å²) in [6.07, 6.45) is 5.76. The molecule has 0 aliphatic heterocycles. The number of hydrogen-bond acceptors (Lipinski definition) is 3. The van der Waals surface area contributed by atoms with Gasteiger partial charge in [-0.15, -0.1) is 0 Å². The van der Waals surface area contributed by atoms with E-state index in [1.54, 1.807) is 30.3 Å². The fourth-order valence-electron chi connectivity index (χ4n) is 1.40. The molecule has 0 amide bonds. The molecule has 2 rings (SSSR count). The molecule has 2 aromatic heterocycles. The van der Waals surface area contributed by atoms with Crippen LogP contribution in [0.5, 0.6) is 0 Å². The molecule has 0 saturated carbocycles. The van der Waals surface area contributed by atoms with E-state index in [-0.39, 0.29) is 0 Å². The minimum atomic E-state index is 0.584. The minimum absolute atomic E-state index is 0.584. The zero-order valence-electron chi connectivity index (χ0n) is 7.71. The summed E-state index contributed by atoms with van der Waals surface area (Å²) in [6.45, 7) is 0. The van der Waals surface area contributed by atoms with Crippen LogP contribution in [0.3, 0.4) is 0 Å². The predicted octanol–water partition coefficient (Wildman–Crippen LogP) is 1.29. The van der Waals surface area contributed by atoms with E-state index in [1.165, 1.54) is 0 Å². The normalized spacial score (nSPS) is 10.1. The van der Waals surface area contributed by atoms with Gasteiger partial charge >= 0.3 is 0 Å². The maximum atomic E-state index is 10.7. The van der Waals surface area contributed by atoms with Crippen LogP contribution in [0.25, 0.3) is 11.3 Å². The molecule has 2 aromatic rings. The summed E-state index contributed by atoms with van der Waals surface area (Å²) >= 11 is 0. The summed E-state index contributed by atoms with van der Waals surface area (Å²) in [7, 11) is 1.80. The van der Waals surface area contributed by atoms with Crippen LogP contribution in [-0.4, -0.2) is 21.1 Å². The molecule has 0 saturated heterocycles. The quantitative estimate of drug-likeness (QED) is 0.665. The monoisotopic (exact) mass is 187 g/mol. The Morgan fingerprint density at radius 3 is 2.93 bits per heavy atom. The lowest BCUT2D eigenvalue weighted by atomic mass is 10.1. The van der Waals surface area contributed by atoms with Crippen LogP contribution in [-0.2, 0) is 7.05 Å². The fraction of sp³-hybridized carbons (Fsp3) is 0.100. The van der Waals surface area contributed by atoms with Crippen molar-refractivity contribution in [1.82, 2.24) is 14.8 Å². The first-order valence-corrected chi connectivity index (χ1v) is 4.20. The topological polar surface area (TPSA) is 47.8 Å². The number of carbonyl (C=O) groups excluding carboxylic acids is 1. The molecule has 14 heavy (non-hydrogen) atoms. The number of aryl methyl sites for hydroxylation is 1. The maximum absolute atomic E-state index is 10.7. The Morgan fingerprint density at radius 2 is 2.29 bits per heavy atom. The van der Waals surface area contributed by atoms with Crippen molar-refractivity contribution in [3.05, 3.63) is 36.3 Å². The molecule has 4 heteroatoms. The summed E-state index contributed by atoms with van der Waals surface area (Å²) in [6, 6.07) is 3.73. The third kappa shape index (κ3) is 1.31. The lowest BCUT2D eigenvalue weighted by Crippen LogP contribution is -1.95. The van der Waals surface area contributed by atoms with E-state index in [0.717, 1.165) is 17.5 Å². The molecule has 0 unspecified atom stereocenters. The van der Waals surface area contributed by atoms with Crippen LogP contribution in [0.4, 0.5) is 0 Å². The van der Waals surface area contributed by atoms with E-state index >= 15 is 0 Å². The Balaban J connectivity index is 2.61. The summed E-state index contributed by atoms with van der Waals surface area (Å²) in [5.41, 5.74) is 2.28. The average Bonchev–Trinajstić information content (AvgIpc) is 2.61. The third-order valence-corrected chi connectivity index (χ3v) is 2.03. The van der Waals surface area contributed by atoms with Gasteiger partial charge < -0.3 is 0 Å². The van der Waals surface area contributed by atoms with Crippen molar-refractivity contribution >= 4 is 6.29 Å². The van der Waals surface area contributed by atoms with Crippen LogP contribution in [0, 0.1) is 0 Å². The standard InChI is InChI=1S/C10H9N3O/c1-13-10(9(7-14)6-12-13)8-3-2-4-11-5-8/h2-7H,1H3. The van der Waals surface area contributed by atoms with Gasteiger partial charge in [-0.05, 0) is 12.1 Å². The van der Waals surface area contributed by atoms with Crippen molar-refractivity contribution in [3.63, 3.8) is 0 Å². The number of pyridine rings is 1. The van der Waals surface area contributed by atoms with E-state index in [4.69, 9.17) is 0 Å². The second kappa shape index (κ2) is 3.41. The second-order valence-corrected chi connectivity index (χ2v) is 2.93. The first kappa shape index (κ1) is 8.62. The van der Waals surface area contributed by atoms with Crippen LogP contribution in [0.15, 0.2) is 30.7 Å². The minimum Gasteiger partial charge on any atom is -0.298 e. The van der Waals surface area contributed by atoms with Crippen molar-refractivity contribution in [2.24, 2.45) is 7.05 Å². The molecule has 0 fully saturated rings. The Hall–Kier alpha value is -1.97. The number of aromatic nitrogens is 3. The van der Waals surface area contributed by atoms with Crippen molar-refractivity contribution < 1.29 is 4.79 Å². The van der Waals surface area contributed by atoms with Gasteiger partial charge in [0.25, 0.3) is 0 Å². The van der Waals surface area contributed by atoms with Crippen molar-refractivity contribution in [1.29, 1.82) is 0 Å². The largest absolute Gasteiger partial charge is 0.298 e. The number of carbonyl (C=O) groups is 1. The van der Waals surface area contributed by atoms with Gasteiger partial charge in [0.1, 0.15) is 0 Å². The van der Waals surface area contributed by atoms with Crippen molar-refractivity contribution in [2.45, 2.75) is 0 Å². The third-order valence-electron chi connectivity index (χ3n) is 2.03. The molecule has 0 aliphatic carbocycles. The molecule has 0 N–H and O–H groups in total. The van der Waals surface area contributed by atoms with Gasteiger partial charge in [0, 0.05) is 25.0 Å². The zero-order chi connectivity index (χ0) is 9.97. The number of aldehydes is 1. The fourth-order valence-corrected chi connectivity index (χ4v) is 1.40. The van der Waals surface area contributed by atoms with E-state index in [1.807, 2.05) is 12.1 Å². The van der Waals surface area contributed by atoms with Gasteiger partial charge in [-0.1, -0.05) is 0 Å². The molecular formula is C10H9N3O. The van der Waals surface area contributed by atoms with Gasteiger partial charge in [-0.25, -0.2) is 0 Å². The van der Waals surface area contributed by atoms with E-state index in [9.17, 15) is 4.79 Å². The Morgan fingerprint density at radius 1 is 1.43 bits per heavy atom. The smallest absolute Gasteiger partial charge is 0.153 e. The van der Waals surface area contributed by atoms with Gasteiger partial charge in [0.2, 0.25) is 0 Å². The highest BCUT2D eigenvalue weighted by Crippen LogP contribution is 2.20. The summed E-state index contributed by atoms with van der Waals surface area (Å²) in [4.78, 5) is 14.7. The molecule has 0 bridgehead atoms. The molecule has 0 aromatic carbocycles. The summed E-state index contributed by atoms with van der Waals surface area (Å²) < 4.78 is 1.67. The van der Waals surface area contributed by atoms with Crippen LogP contribution >= 0.6 is 0 Å². The number of hydrogen-bond donors (Lipinski definition) is 0. The summed E-state index contributed by atoms with van der Waals surface area (Å²) in [5, 5.41) is 4.02. The molecule has 2 heterocycles. The first-order chi connectivity index (χ1) is 6.83. The van der Waals surface area contributed by atoms with Crippen molar-refractivity contribution in [3.8, 4) is 11.3 Å². The van der Waals surface area contributed by atoms with Gasteiger partial charge in [0.15, 0.2) is 6.29 Å². The lowest BCUT2D eigenvalue weighted by Gasteiger charge is -2.01. The second-order valence-electron chi connectivity index (χ2n) is 2.93. The maximum Gasteiger partial charge on any atom is 0.153 e. The molecule has 0 atom stereocenters. The zero-order valence-corrected chi connectivity index (χ0v) is 7.71. The van der Waals surface area contributed by atoms with Gasteiger partial charge in [-0.2, -0.15) is 5.10 Å². The highest BCUT2D eigenvalue weighted by atomic mass is 16.1. The van der Waals surface area contributed by atoms with Crippen LogP contribution in [0.2, 0.25) is 0 Å². The molecule has 0 aliphatic rings. The molecule has 70 valence electrons. The van der Waals surface area contributed by atoms with Gasteiger partial charge in [-0.3, -0.25) is 14.5 Å². The number of rotatable bonds is 2. The Labute approximate surface area is 81.2 Å². The highest BCUT2D eigenvalue weighted by Gasteiger charge is 2.09. The van der Waals surface area contributed by atoms with E-state index < -0.39 is 0 Å². The van der Waals surface area contributed by atoms with E-state index in [0.29, 0.717) is 5.56 Å². The molecular weight excluding hydrogens is 178 g/mol. The average molecular weight is 187 g/mol. The lowest BCUT2D eigenvalue weighted by molar-refractivity contribution is 0.112. The highest BCUT2D eigenvalue weighted by molar-refractivity contribution is 5.85. The van der Waals surface area contributed by atoms with Gasteiger partial charge in [0.05, 0.1) is 17.5 Å². The number of nitrogens with zero attached hydrogens (tertiary/aromatic N) is 3. The van der Waals surface area contributed by atoms with E-state index in [2.05, 4.69) is 10.1 Å². The molecule has 4 nitrogen and oxygen atoms in total. The molecule has 0 spiro atoms. The van der Waals surface area contributed by atoms with Crippen molar-refractivity contribution in [2.75, 3.05) is 0 Å². The van der Waals surface area contributed by atoms with Crippen LogP contribution in [0.1, 0.15) is 10.4 Å². The predicted molar refractivity (Wildman–Crippen MR) is 51.8 cm³/mol. The first-order valence-electron chi connectivity index (χ1n) is 4.20. The summed E-state index contributed by atoms with van der Waals surface area (Å²) in [5.74, 6) is 0. The Bertz CT molecular complexity index is 448. The SMILES string of the molecule is Cn1ncc(C=O)c1-c1cccnc1. The molecule has 0 radical (unpaired) electrons. The Kier molecular flexibility index (Phi) is 2.10.